The van der Waals surface area contributed by atoms with E-state index >= 15 is 0 Å². The zero-order chi connectivity index (χ0) is 12.7. The zero-order valence-corrected chi connectivity index (χ0v) is 10.8. The highest BCUT2D eigenvalue weighted by Gasteiger charge is 2.09. The van der Waals surface area contributed by atoms with Crippen LogP contribution in [0, 0.1) is 12.3 Å². The van der Waals surface area contributed by atoms with Crippen LogP contribution in [0.5, 0.6) is 0 Å². The number of methoxy groups -OCH3 is 2. The number of ether oxygens (including phenoxy) is 2. The predicted molar refractivity (Wildman–Crippen MR) is 69.9 cm³/mol. The summed E-state index contributed by atoms with van der Waals surface area (Å²) < 4.78 is 10.3. The Labute approximate surface area is 103 Å². The molecule has 0 radical (unpaired) electrons. The molecule has 0 amide bonds. The Hall–Kier alpha value is -1.19. The molecule has 1 unspecified atom stereocenters. The zero-order valence-electron chi connectivity index (χ0n) is 10.8. The Morgan fingerprint density at radius 2 is 1.88 bits per heavy atom. The van der Waals surface area contributed by atoms with E-state index in [0.29, 0.717) is 18.7 Å². The van der Waals surface area contributed by atoms with Crippen LogP contribution in [0.3, 0.4) is 0 Å². The Balaban J connectivity index is 2.46. The fourth-order valence-corrected chi connectivity index (χ4v) is 1.66. The molecule has 0 aromatic heterocycles. The second-order valence-electron chi connectivity index (χ2n) is 4.20. The molecule has 0 heterocycles. The van der Waals surface area contributed by atoms with Crippen molar-refractivity contribution in [3.05, 3.63) is 35.4 Å². The molecule has 3 heteroatoms. The van der Waals surface area contributed by atoms with Gasteiger partial charge in [-0.2, -0.15) is 0 Å². The van der Waals surface area contributed by atoms with Crippen LogP contribution in [0.2, 0.25) is 0 Å². The van der Waals surface area contributed by atoms with E-state index in [-0.39, 0.29) is 6.10 Å². The van der Waals surface area contributed by atoms with Gasteiger partial charge in [0.05, 0.1) is 12.7 Å². The van der Waals surface area contributed by atoms with Crippen LogP contribution in [0.4, 0.5) is 0 Å². The Morgan fingerprint density at radius 1 is 1.24 bits per heavy atom. The average molecular weight is 235 g/mol. The maximum atomic E-state index is 8.00. The third-order valence-electron chi connectivity index (χ3n) is 2.80. The van der Waals surface area contributed by atoms with Gasteiger partial charge in [0.2, 0.25) is 0 Å². The molecule has 0 fully saturated rings. The number of aryl methyl sites for hydroxylation is 1. The lowest BCUT2D eigenvalue weighted by Gasteiger charge is -2.14. The monoisotopic (exact) mass is 235 g/mol. The van der Waals surface area contributed by atoms with Gasteiger partial charge in [-0.1, -0.05) is 29.8 Å². The van der Waals surface area contributed by atoms with E-state index in [9.17, 15) is 0 Å². The fraction of sp³-hybridized carbons (Fsp3) is 0.500. The maximum Gasteiger partial charge on any atom is 0.0808 e. The van der Waals surface area contributed by atoms with Crippen LogP contribution in [0.15, 0.2) is 24.3 Å². The van der Waals surface area contributed by atoms with Crippen molar-refractivity contribution in [3.8, 4) is 0 Å². The molecule has 0 aliphatic carbocycles. The molecule has 0 bridgehead atoms. The van der Waals surface area contributed by atoms with Crippen LogP contribution >= 0.6 is 0 Å². The van der Waals surface area contributed by atoms with Gasteiger partial charge in [-0.15, -0.1) is 0 Å². The Morgan fingerprint density at radius 3 is 2.41 bits per heavy atom. The average Bonchev–Trinajstić information content (AvgIpc) is 2.35. The highest BCUT2D eigenvalue weighted by molar-refractivity contribution is 5.98. The molecule has 1 aromatic rings. The lowest BCUT2D eigenvalue weighted by Crippen LogP contribution is -2.18. The van der Waals surface area contributed by atoms with Gasteiger partial charge in [-0.05, 0) is 25.3 Å². The highest BCUT2D eigenvalue weighted by Crippen LogP contribution is 2.10. The van der Waals surface area contributed by atoms with Gasteiger partial charge in [0.15, 0.2) is 0 Å². The van der Waals surface area contributed by atoms with Gasteiger partial charge < -0.3 is 14.9 Å². The molecule has 1 rings (SSSR count). The lowest BCUT2D eigenvalue weighted by atomic mass is 10.0. The number of hydrogen-bond acceptors (Lipinski definition) is 3. The highest BCUT2D eigenvalue weighted by atomic mass is 16.5. The van der Waals surface area contributed by atoms with Gasteiger partial charge in [0.1, 0.15) is 0 Å². The second kappa shape index (κ2) is 7.20. The first kappa shape index (κ1) is 13.9. The molecule has 0 saturated heterocycles. The first-order valence-electron chi connectivity index (χ1n) is 5.83. The summed E-state index contributed by atoms with van der Waals surface area (Å²) >= 11 is 0. The summed E-state index contributed by atoms with van der Waals surface area (Å²) in [5, 5.41) is 8.00. The van der Waals surface area contributed by atoms with Crippen LogP contribution in [-0.4, -0.2) is 32.6 Å². The molecule has 1 N–H and O–H groups in total. The summed E-state index contributed by atoms with van der Waals surface area (Å²) in [5.41, 5.74) is 2.86. The minimum atomic E-state index is 0.0748. The normalized spacial score (nSPS) is 12.4. The van der Waals surface area contributed by atoms with Crippen LogP contribution < -0.4 is 0 Å². The van der Waals surface area contributed by atoms with E-state index in [0.717, 1.165) is 12.0 Å². The number of benzene rings is 1. The topological polar surface area (TPSA) is 42.3 Å². The van der Waals surface area contributed by atoms with Crippen molar-refractivity contribution in [2.75, 3.05) is 20.8 Å². The second-order valence-corrected chi connectivity index (χ2v) is 4.20. The van der Waals surface area contributed by atoms with Crippen LogP contribution in [0.1, 0.15) is 24.0 Å². The molecular formula is C14H21NO2. The molecule has 0 aliphatic rings. The van der Waals surface area contributed by atoms with Crippen molar-refractivity contribution in [3.63, 3.8) is 0 Å². The van der Waals surface area contributed by atoms with Crippen molar-refractivity contribution in [2.45, 2.75) is 25.9 Å². The first-order chi connectivity index (χ1) is 8.17. The Bertz CT molecular complexity index is 346. The summed E-state index contributed by atoms with van der Waals surface area (Å²) in [6.45, 7) is 2.63. The van der Waals surface area contributed by atoms with E-state index < -0.39 is 0 Å². The summed E-state index contributed by atoms with van der Waals surface area (Å²) in [7, 11) is 3.34. The van der Waals surface area contributed by atoms with Gasteiger partial charge in [0, 0.05) is 19.9 Å². The minimum absolute atomic E-state index is 0.0748. The lowest BCUT2D eigenvalue weighted by molar-refractivity contribution is 0.0248. The van der Waals surface area contributed by atoms with Crippen molar-refractivity contribution in [1.82, 2.24) is 0 Å². The van der Waals surface area contributed by atoms with E-state index in [1.54, 1.807) is 14.2 Å². The quantitative estimate of drug-likeness (QED) is 0.738. The van der Waals surface area contributed by atoms with E-state index in [1.165, 1.54) is 5.56 Å². The molecule has 0 aliphatic heterocycles. The molecule has 1 aromatic carbocycles. The van der Waals surface area contributed by atoms with Crippen molar-refractivity contribution in [2.24, 2.45) is 0 Å². The largest absolute Gasteiger partial charge is 0.382 e. The number of rotatable bonds is 7. The molecule has 1 atom stereocenters. The molecule has 0 saturated carbocycles. The Kier molecular flexibility index (Phi) is 5.87. The van der Waals surface area contributed by atoms with Crippen LogP contribution in [-0.2, 0) is 9.47 Å². The standard InChI is InChI=1S/C14H21NO2/c1-11-4-6-12(7-5-11)14(15)9-8-13(17-3)10-16-2/h4-7,13,15H,8-10H2,1-3H3. The number of hydrogen-bond donors (Lipinski definition) is 1. The van der Waals surface area contributed by atoms with Gasteiger partial charge >= 0.3 is 0 Å². The summed E-state index contributed by atoms with van der Waals surface area (Å²) in [6.07, 6.45) is 1.60. The summed E-state index contributed by atoms with van der Waals surface area (Å²) in [4.78, 5) is 0. The van der Waals surface area contributed by atoms with Gasteiger partial charge in [0.25, 0.3) is 0 Å². The van der Waals surface area contributed by atoms with Crippen LogP contribution in [0.25, 0.3) is 0 Å². The minimum Gasteiger partial charge on any atom is -0.382 e. The summed E-state index contributed by atoms with van der Waals surface area (Å²) in [6, 6.07) is 8.06. The SMILES string of the molecule is COCC(CCC(=N)c1ccc(C)cc1)OC. The predicted octanol–water partition coefficient (Wildman–Crippen LogP) is 2.80. The summed E-state index contributed by atoms with van der Waals surface area (Å²) in [5.74, 6) is 0. The van der Waals surface area contributed by atoms with Crippen molar-refractivity contribution < 1.29 is 9.47 Å². The third-order valence-corrected chi connectivity index (χ3v) is 2.80. The molecule has 94 valence electrons. The molecular weight excluding hydrogens is 214 g/mol. The fourth-order valence-electron chi connectivity index (χ4n) is 1.66. The molecule has 3 nitrogen and oxygen atoms in total. The smallest absolute Gasteiger partial charge is 0.0808 e. The van der Waals surface area contributed by atoms with E-state index in [1.807, 2.05) is 31.2 Å². The van der Waals surface area contributed by atoms with Crippen molar-refractivity contribution in [1.29, 1.82) is 5.41 Å². The van der Waals surface area contributed by atoms with E-state index in [2.05, 4.69) is 0 Å². The first-order valence-corrected chi connectivity index (χ1v) is 5.83. The molecule has 0 spiro atoms. The van der Waals surface area contributed by atoms with Gasteiger partial charge in [-0.25, -0.2) is 0 Å². The van der Waals surface area contributed by atoms with Gasteiger partial charge in [-0.3, -0.25) is 0 Å². The van der Waals surface area contributed by atoms with Crippen molar-refractivity contribution >= 4 is 5.71 Å². The van der Waals surface area contributed by atoms with E-state index in [4.69, 9.17) is 14.9 Å². The molecule has 17 heavy (non-hydrogen) atoms. The third kappa shape index (κ3) is 4.67. The maximum absolute atomic E-state index is 8.00. The number of nitrogens with one attached hydrogen (secondary N) is 1.